The topological polar surface area (TPSA) is 3.24 Å². The van der Waals surface area contributed by atoms with Crippen LogP contribution < -0.4 is 0 Å². The van der Waals surface area contributed by atoms with Gasteiger partial charge >= 0.3 is 0 Å². The monoisotopic (exact) mass is 265 g/mol. The van der Waals surface area contributed by atoms with E-state index < -0.39 is 0 Å². The van der Waals surface area contributed by atoms with Crippen molar-refractivity contribution in [3.63, 3.8) is 0 Å². The minimum Gasteiger partial charge on any atom is -0.303 e. The third-order valence-corrected chi connectivity index (χ3v) is 5.78. The van der Waals surface area contributed by atoms with E-state index >= 15 is 0 Å². The molecule has 1 heterocycles. The molecule has 0 spiro atoms. The van der Waals surface area contributed by atoms with Gasteiger partial charge in [0.05, 0.1) is 0 Å². The molecule has 1 nitrogen and oxygen atoms in total. The van der Waals surface area contributed by atoms with Crippen molar-refractivity contribution >= 4 is 0 Å². The Bertz CT molecular complexity index is 236. The summed E-state index contributed by atoms with van der Waals surface area (Å²) in [5, 5.41) is 0. The molecule has 1 saturated carbocycles. The third-order valence-electron chi connectivity index (χ3n) is 5.78. The molecule has 0 radical (unpaired) electrons. The van der Waals surface area contributed by atoms with E-state index in [9.17, 15) is 0 Å². The largest absolute Gasteiger partial charge is 0.303 e. The van der Waals surface area contributed by atoms with Gasteiger partial charge in [-0.1, -0.05) is 58.3 Å². The first-order chi connectivity index (χ1) is 9.29. The Morgan fingerprint density at radius 3 is 2.16 bits per heavy atom. The molecule has 3 unspecified atom stereocenters. The highest BCUT2D eigenvalue weighted by Gasteiger charge is 2.23. The lowest BCUT2D eigenvalue weighted by atomic mass is 9.78. The lowest BCUT2D eigenvalue weighted by molar-refractivity contribution is 0.181. The van der Waals surface area contributed by atoms with Crippen LogP contribution in [0.25, 0.3) is 0 Å². The van der Waals surface area contributed by atoms with Crippen molar-refractivity contribution in [1.82, 2.24) is 4.90 Å². The summed E-state index contributed by atoms with van der Waals surface area (Å²) in [6, 6.07) is 0.847. The molecule has 0 amide bonds. The van der Waals surface area contributed by atoms with Gasteiger partial charge in [-0.05, 0) is 51.1 Å². The second-order valence-corrected chi connectivity index (χ2v) is 7.22. The Hall–Kier alpha value is -0.0400. The van der Waals surface area contributed by atoms with E-state index in [2.05, 4.69) is 18.9 Å². The summed E-state index contributed by atoms with van der Waals surface area (Å²) >= 11 is 0. The Morgan fingerprint density at radius 2 is 1.42 bits per heavy atom. The SMILES string of the molecule is CCC1CCCCCCC2CCCC(CCN1C)C2. The molecular weight excluding hydrogens is 230 g/mol. The van der Waals surface area contributed by atoms with Crippen molar-refractivity contribution in [3.8, 4) is 0 Å². The minimum atomic E-state index is 0.847. The molecule has 0 aromatic rings. The standard InChI is InChI=1S/C18H35N/c1-3-18-12-7-5-4-6-9-16-10-8-11-17(15-16)13-14-19(18)2/h16-18H,3-15H2,1-2H3. The summed E-state index contributed by atoms with van der Waals surface area (Å²) in [7, 11) is 2.37. The van der Waals surface area contributed by atoms with E-state index in [0.717, 1.165) is 17.9 Å². The van der Waals surface area contributed by atoms with E-state index in [4.69, 9.17) is 0 Å². The zero-order valence-corrected chi connectivity index (χ0v) is 13.4. The molecule has 2 bridgehead atoms. The molecule has 19 heavy (non-hydrogen) atoms. The Kier molecular flexibility index (Phi) is 6.70. The summed E-state index contributed by atoms with van der Waals surface area (Å²) in [6.45, 7) is 3.71. The Labute approximate surface area is 121 Å². The summed E-state index contributed by atoms with van der Waals surface area (Å²) in [5.74, 6) is 2.12. The highest BCUT2D eigenvalue weighted by Crippen LogP contribution is 2.34. The zero-order chi connectivity index (χ0) is 13.5. The second-order valence-electron chi connectivity index (χ2n) is 7.22. The lowest BCUT2D eigenvalue weighted by Crippen LogP contribution is -2.33. The first-order valence-corrected chi connectivity index (χ1v) is 8.99. The van der Waals surface area contributed by atoms with Gasteiger partial charge in [0.15, 0.2) is 0 Å². The van der Waals surface area contributed by atoms with Crippen molar-refractivity contribution < 1.29 is 0 Å². The van der Waals surface area contributed by atoms with Crippen LogP contribution in [0.15, 0.2) is 0 Å². The fourth-order valence-corrected chi connectivity index (χ4v) is 4.40. The summed E-state index contributed by atoms with van der Waals surface area (Å²) in [4.78, 5) is 2.67. The smallest absolute Gasteiger partial charge is 0.00895 e. The van der Waals surface area contributed by atoms with Crippen LogP contribution in [0.2, 0.25) is 0 Å². The van der Waals surface area contributed by atoms with Gasteiger partial charge < -0.3 is 4.90 Å². The van der Waals surface area contributed by atoms with Crippen LogP contribution in [0.1, 0.15) is 84.0 Å². The highest BCUT2D eigenvalue weighted by molar-refractivity contribution is 4.76. The predicted octanol–water partition coefficient (Wildman–Crippen LogP) is 5.25. The summed E-state index contributed by atoms with van der Waals surface area (Å²) < 4.78 is 0. The van der Waals surface area contributed by atoms with Crippen LogP contribution >= 0.6 is 0 Å². The van der Waals surface area contributed by atoms with E-state index in [0.29, 0.717) is 0 Å². The first-order valence-electron chi connectivity index (χ1n) is 8.99. The van der Waals surface area contributed by atoms with Crippen LogP contribution in [0.3, 0.4) is 0 Å². The van der Waals surface area contributed by atoms with Crippen LogP contribution in [-0.4, -0.2) is 24.5 Å². The quantitative estimate of drug-likeness (QED) is 0.626. The molecule has 2 aliphatic rings. The third kappa shape index (κ3) is 5.10. The predicted molar refractivity (Wildman–Crippen MR) is 84.5 cm³/mol. The highest BCUT2D eigenvalue weighted by atomic mass is 15.1. The molecule has 2 rings (SSSR count). The van der Waals surface area contributed by atoms with Gasteiger partial charge in [0.1, 0.15) is 0 Å². The maximum absolute atomic E-state index is 2.67. The Morgan fingerprint density at radius 1 is 0.789 bits per heavy atom. The van der Waals surface area contributed by atoms with Crippen molar-refractivity contribution in [2.75, 3.05) is 13.6 Å². The molecule has 0 aromatic heterocycles. The van der Waals surface area contributed by atoms with Gasteiger partial charge in [-0.3, -0.25) is 0 Å². The maximum Gasteiger partial charge on any atom is 0.00895 e. The van der Waals surface area contributed by atoms with Crippen molar-refractivity contribution in [3.05, 3.63) is 0 Å². The molecule has 3 atom stereocenters. The number of rotatable bonds is 1. The molecule has 1 aliphatic heterocycles. The van der Waals surface area contributed by atoms with E-state index in [1.165, 1.54) is 77.2 Å². The second kappa shape index (κ2) is 8.29. The number of hydrogen-bond acceptors (Lipinski definition) is 1. The first kappa shape index (κ1) is 15.4. The molecule has 0 aromatic carbocycles. The summed E-state index contributed by atoms with van der Waals surface area (Å²) in [5.41, 5.74) is 0. The Balaban J connectivity index is 1.88. The van der Waals surface area contributed by atoms with Crippen LogP contribution in [-0.2, 0) is 0 Å². The number of nitrogens with zero attached hydrogens (tertiary/aromatic N) is 1. The molecule has 1 aliphatic carbocycles. The van der Waals surface area contributed by atoms with Crippen LogP contribution in [0.5, 0.6) is 0 Å². The van der Waals surface area contributed by atoms with Crippen LogP contribution in [0.4, 0.5) is 0 Å². The fraction of sp³-hybridized carbons (Fsp3) is 1.00. The van der Waals surface area contributed by atoms with Crippen molar-refractivity contribution in [1.29, 1.82) is 0 Å². The maximum atomic E-state index is 2.67. The van der Waals surface area contributed by atoms with Gasteiger partial charge in [-0.25, -0.2) is 0 Å². The number of hydrogen-bond donors (Lipinski definition) is 0. The molecule has 1 saturated heterocycles. The van der Waals surface area contributed by atoms with Gasteiger partial charge in [0.2, 0.25) is 0 Å². The van der Waals surface area contributed by atoms with Crippen LogP contribution in [0, 0.1) is 11.8 Å². The van der Waals surface area contributed by atoms with Crippen molar-refractivity contribution in [2.24, 2.45) is 11.8 Å². The molecule has 2 fully saturated rings. The van der Waals surface area contributed by atoms with E-state index in [1.54, 1.807) is 6.42 Å². The van der Waals surface area contributed by atoms with Crippen molar-refractivity contribution in [2.45, 2.75) is 90.0 Å². The fourth-order valence-electron chi connectivity index (χ4n) is 4.40. The van der Waals surface area contributed by atoms with Gasteiger partial charge in [0, 0.05) is 6.04 Å². The molecule has 0 N–H and O–H groups in total. The average molecular weight is 265 g/mol. The molecular formula is C18H35N. The molecule has 1 heteroatoms. The molecule has 112 valence electrons. The number of fused-ring (bicyclic) bond motifs is 2. The van der Waals surface area contributed by atoms with E-state index in [-0.39, 0.29) is 0 Å². The van der Waals surface area contributed by atoms with Gasteiger partial charge in [-0.15, -0.1) is 0 Å². The van der Waals surface area contributed by atoms with Gasteiger partial charge in [0.25, 0.3) is 0 Å². The minimum absolute atomic E-state index is 0.847. The lowest BCUT2D eigenvalue weighted by Gasteiger charge is -2.32. The van der Waals surface area contributed by atoms with E-state index in [1.807, 2.05) is 0 Å². The summed E-state index contributed by atoms with van der Waals surface area (Å²) in [6.07, 6.45) is 17.8. The zero-order valence-electron chi connectivity index (χ0n) is 13.4. The van der Waals surface area contributed by atoms with Gasteiger partial charge in [-0.2, -0.15) is 0 Å². The normalized spacial score (nSPS) is 36.0. The average Bonchev–Trinajstić information content (AvgIpc) is 2.44.